The molecule has 41 heavy (non-hydrogen) atoms. The average molecular weight is 678 g/mol. The molecule has 1 fully saturated rings. The largest absolute Gasteiger partial charge is 0.490 e. The quantitative estimate of drug-likeness (QED) is 0.0619. The molecule has 230 valence electrons. The van der Waals surface area contributed by atoms with Crippen LogP contribution in [0.3, 0.4) is 0 Å². The number of phosphoric ester groups is 1. The Hall–Kier alpha value is -1.03. The van der Waals surface area contributed by atoms with E-state index in [1.165, 1.54) is 17.1 Å². The smallest absolute Gasteiger partial charge is 0.383 e. The Morgan fingerprint density at radius 2 is 1.88 bits per heavy atom. The van der Waals surface area contributed by atoms with Crippen molar-refractivity contribution in [1.29, 1.82) is 0 Å². The van der Waals surface area contributed by atoms with E-state index in [9.17, 15) is 23.5 Å². The molecule has 0 radical (unpaired) electrons. The Morgan fingerprint density at radius 1 is 1.17 bits per heavy atom. The number of hydrogen-bond acceptors (Lipinski definition) is 14. The first-order chi connectivity index (χ1) is 18.9. The number of nitrogen functional groups attached to an aromatic ring is 1. The van der Waals surface area contributed by atoms with Gasteiger partial charge < -0.3 is 45.1 Å². The molecule has 1 saturated heterocycles. The van der Waals surface area contributed by atoms with Gasteiger partial charge in [0.25, 0.3) is 0 Å². The van der Waals surface area contributed by atoms with Crippen molar-refractivity contribution in [3.8, 4) is 11.8 Å². The summed E-state index contributed by atoms with van der Waals surface area (Å²) in [4.78, 5) is 45.1. The first-order valence-electron chi connectivity index (χ1n) is 11.6. The SMILES string of the molecule is CC(C)(C)SSCOC1C[C@H](n2cc(C#CCN)c3c(N)ncnc32)O[C@@H]1COP(=O)(O)OP(=O)(O)OP(=O)(O)O. The highest BCUT2D eigenvalue weighted by molar-refractivity contribution is 8.77. The lowest BCUT2D eigenvalue weighted by atomic mass is 10.2. The summed E-state index contributed by atoms with van der Waals surface area (Å²) >= 11 is 0. The van der Waals surface area contributed by atoms with Crippen molar-refractivity contribution >= 4 is 61.9 Å². The van der Waals surface area contributed by atoms with Gasteiger partial charge in [0.2, 0.25) is 0 Å². The molecule has 8 N–H and O–H groups in total. The Kier molecular flexibility index (Phi) is 11.5. The highest BCUT2D eigenvalue weighted by atomic mass is 33.1. The van der Waals surface area contributed by atoms with Crippen molar-refractivity contribution in [1.82, 2.24) is 14.5 Å². The molecule has 1 aliphatic rings. The predicted molar refractivity (Wildman–Crippen MR) is 151 cm³/mol. The van der Waals surface area contributed by atoms with Crippen LogP contribution in [-0.2, 0) is 36.3 Å². The van der Waals surface area contributed by atoms with Crippen LogP contribution in [0.1, 0.15) is 39.0 Å². The van der Waals surface area contributed by atoms with Gasteiger partial charge in [-0.1, -0.05) is 54.2 Å². The third-order valence-electron chi connectivity index (χ3n) is 4.91. The molecule has 3 rings (SSSR count). The van der Waals surface area contributed by atoms with Crippen LogP contribution < -0.4 is 11.5 Å². The number of ether oxygens (including phenoxy) is 2. The van der Waals surface area contributed by atoms with Crippen LogP contribution in [0, 0.1) is 11.8 Å². The molecular formula is C19H30N5O12P3S2. The number of aromatic nitrogens is 3. The van der Waals surface area contributed by atoms with Crippen molar-refractivity contribution in [2.24, 2.45) is 5.73 Å². The number of nitrogens with zero attached hydrogens (tertiary/aromatic N) is 3. The minimum absolute atomic E-state index is 0.0514. The molecule has 22 heteroatoms. The van der Waals surface area contributed by atoms with Crippen LogP contribution in [0.4, 0.5) is 5.82 Å². The van der Waals surface area contributed by atoms with Gasteiger partial charge in [-0.3, -0.25) is 4.52 Å². The van der Waals surface area contributed by atoms with E-state index in [0.717, 1.165) is 0 Å². The van der Waals surface area contributed by atoms with Gasteiger partial charge in [-0.2, -0.15) is 8.62 Å². The molecule has 2 aromatic heterocycles. The summed E-state index contributed by atoms with van der Waals surface area (Å²) in [6.45, 7) is 5.50. The summed E-state index contributed by atoms with van der Waals surface area (Å²) in [6, 6.07) is 0. The molecule has 3 heterocycles. The number of anilines is 1. The maximum absolute atomic E-state index is 12.3. The van der Waals surface area contributed by atoms with E-state index >= 15 is 0 Å². The van der Waals surface area contributed by atoms with Gasteiger partial charge in [-0.05, 0) is 0 Å². The van der Waals surface area contributed by atoms with Gasteiger partial charge in [0.1, 0.15) is 36.1 Å². The van der Waals surface area contributed by atoms with Crippen LogP contribution in [0.25, 0.3) is 11.0 Å². The number of fused-ring (bicyclic) bond motifs is 1. The second-order valence-electron chi connectivity index (χ2n) is 9.30. The zero-order chi connectivity index (χ0) is 30.6. The number of nitrogens with two attached hydrogens (primary N) is 2. The van der Waals surface area contributed by atoms with E-state index in [-0.39, 0.29) is 29.5 Å². The van der Waals surface area contributed by atoms with Gasteiger partial charge in [0.05, 0.1) is 30.2 Å². The van der Waals surface area contributed by atoms with E-state index in [2.05, 4.69) is 30.4 Å². The van der Waals surface area contributed by atoms with Crippen molar-refractivity contribution in [3.63, 3.8) is 0 Å². The molecule has 0 spiro atoms. The van der Waals surface area contributed by atoms with Crippen LogP contribution in [0.15, 0.2) is 12.5 Å². The van der Waals surface area contributed by atoms with Crippen LogP contribution in [-0.4, -0.2) is 70.2 Å². The van der Waals surface area contributed by atoms with E-state index in [1.54, 1.807) is 21.6 Å². The van der Waals surface area contributed by atoms with E-state index in [1.807, 2.05) is 20.8 Å². The average Bonchev–Trinajstić information content (AvgIpc) is 3.38. The minimum atomic E-state index is -5.68. The summed E-state index contributed by atoms with van der Waals surface area (Å²) < 4.78 is 60.9. The van der Waals surface area contributed by atoms with E-state index < -0.39 is 48.5 Å². The van der Waals surface area contributed by atoms with E-state index in [4.69, 9.17) is 35.3 Å². The fourth-order valence-corrected chi connectivity index (χ4v) is 8.59. The van der Waals surface area contributed by atoms with Gasteiger partial charge in [-0.15, -0.1) is 0 Å². The Labute approximate surface area is 242 Å². The number of phosphoric acid groups is 3. The molecular weight excluding hydrogens is 647 g/mol. The van der Waals surface area contributed by atoms with Crippen LogP contribution in [0.5, 0.6) is 0 Å². The number of hydrogen-bond donors (Lipinski definition) is 6. The second-order valence-corrected chi connectivity index (χ2v) is 16.8. The summed E-state index contributed by atoms with van der Waals surface area (Å²) in [7, 11) is -13.6. The zero-order valence-corrected chi connectivity index (χ0v) is 26.2. The van der Waals surface area contributed by atoms with Crippen molar-refractivity contribution in [2.75, 3.05) is 24.8 Å². The highest BCUT2D eigenvalue weighted by Crippen LogP contribution is 2.66. The Morgan fingerprint density at radius 3 is 2.51 bits per heavy atom. The molecule has 0 aliphatic carbocycles. The maximum Gasteiger partial charge on any atom is 0.490 e. The molecule has 0 amide bonds. The lowest BCUT2D eigenvalue weighted by Crippen LogP contribution is -2.29. The molecule has 0 aromatic carbocycles. The van der Waals surface area contributed by atoms with Gasteiger partial charge in [0, 0.05) is 17.4 Å². The summed E-state index contributed by atoms with van der Waals surface area (Å²) in [5.41, 5.74) is 12.5. The molecule has 2 aromatic rings. The molecule has 0 saturated carbocycles. The second kappa shape index (κ2) is 13.7. The van der Waals surface area contributed by atoms with Crippen molar-refractivity contribution in [3.05, 3.63) is 18.1 Å². The summed E-state index contributed by atoms with van der Waals surface area (Å²) in [5, 5.41) is 0.475. The fraction of sp³-hybridized carbons (Fsp3) is 0.579. The third-order valence-corrected chi connectivity index (χ3v) is 11.7. The van der Waals surface area contributed by atoms with Crippen molar-refractivity contribution in [2.45, 2.75) is 50.4 Å². The monoisotopic (exact) mass is 677 g/mol. The molecule has 5 atom stereocenters. The molecule has 1 aliphatic heterocycles. The molecule has 0 bridgehead atoms. The predicted octanol–water partition coefficient (Wildman–Crippen LogP) is 2.48. The lowest BCUT2D eigenvalue weighted by molar-refractivity contribution is -0.0520. The topological polar surface area (TPSA) is 261 Å². The zero-order valence-electron chi connectivity index (χ0n) is 21.9. The molecule has 17 nitrogen and oxygen atoms in total. The molecule has 3 unspecified atom stereocenters. The van der Waals surface area contributed by atoms with Crippen molar-refractivity contribution < 1.29 is 55.9 Å². The Balaban J connectivity index is 1.82. The van der Waals surface area contributed by atoms with Gasteiger partial charge in [-0.25, -0.2) is 23.7 Å². The van der Waals surface area contributed by atoms with Gasteiger partial charge in [0.15, 0.2) is 0 Å². The Bertz CT molecular complexity index is 1440. The first-order valence-corrected chi connectivity index (χ1v) is 18.4. The normalized spacial score (nSPS) is 22.7. The summed E-state index contributed by atoms with van der Waals surface area (Å²) in [6.07, 6.45) is 0.651. The standard InChI is InChI=1S/C19H30N5O12P3S2/c1-19(2,3)41-40-11-32-13-7-15(24-8-12(5-4-6-20)16-17(21)22-10-23-18(16)24)34-14(13)9-33-38(28,29)36-39(30,31)35-37(25,26)27/h8,10,13-15H,6-7,9,11,20H2,1-3H3,(H,28,29)(H,30,31)(H2,21,22,23)(H2,25,26,27)/t13?,14-,15-/m1/s1. The number of rotatable bonds is 12. The third kappa shape index (κ3) is 10.6. The highest BCUT2D eigenvalue weighted by Gasteiger charge is 2.43. The minimum Gasteiger partial charge on any atom is -0.383 e. The summed E-state index contributed by atoms with van der Waals surface area (Å²) in [5.74, 6) is 6.06. The fourth-order valence-electron chi connectivity index (χ4n) is 3.55. The van der Waals surface area contributed by atoms with Crippen LogP contribution in [0.2, 0.25) is 0 Å². The first kappa shape index (κ1) is 34.5. The maximum atomic E-state index is 12.3. The van der Waals surface area contributed by atoms with E-state index in [0.29, 0.717) is 16.6 Å². The lowest BCUT2D eigenvalue weighted by Gasteiger charge is -2.22. The van der Waals surface area contributed by atoms with Gasteiger partial charge >= 0.3 is 23.5 Å². The van der Waals surface area contributed by atoms with Crippen LogP contribution >= 0.6 is 45.1 Å².